The average Bonchev–Trinajstić information content (AvgIpc) is 3.24. The van der Waals surface area contributed by atoms with Gasteiger partial charge >= 0.3 is 0 Å². The number of hydrogen-bond donors (Lipinski definition) is 0. The van der Waals surface area contributed by atoms with Crippen LogP contribution >= 0.6 is 15.9 Å². The maximum atomic E-state index is 3.81. The van der Waals surface area contributed by atoms with Crippen LogP contribution in [0.1, 0.15) is 98.6 Å². The molecule has 5 rings (SSSR count). The van der Waals surface area contributed by atoms with Crippen LogP contribution in [0.4, 0.5) is 0 Å². The molecule has 0 radical (unpaired) electrons. The predicted molar refractivity (Wildman–Crippen MR) is 167 cm³/mol. The predicted octanol–water partition coefficient (Wildman–Crippen LogP) is 11.1. The van der Waals surface area contributed by atoms with E-state index in [2.05, 4.69) is 121 Å². The Labute approximate surface area is 238 Å². The molecule has 0 atom stereocenters. The van der Waals surface area contributed by atoms with Gasteiger partial charge in [-0.1, -0.05) is 147 Å². The third kappa shape index (κ3) is 5.28. The second kappa shape index (κ2) is 12.5. The van der Waals surface area contributed by atoms with E-state index in [0.717, 1.165) is 4.47 Å². The zero-order valence-electron chi connectivity index (χ0n) is 23.1. The molecule has 0 unspecified atom stereocenters. The van der Waals surface area contributed by atoms with Crippen molar-refractivity contribution in [3.63, 3.8) is 0 Å². The number of unbranched alkanes of at least 4 members (excludes halogenated alkanes) is 6. The van der Waals surface area contributed by atoms with Crippen LogP contribution in [0.25, 0.3) is 11.1 Å². The van der Waals surface area contributed by atoms with Gasteiger partial charge in [-0.2, -0.15) is 0 Å². The molecule has 0 aromatic heterocycles. The quantitative estimate of drug-likeness (QED) is 0.132. The topological polar surface area (TPSA) is 0 Å². The van der Waals surface area contributed by atoms with E-state index in [1.807, 2.05) is 0 Å². The molecule has 0 nitrogen and oxygen atoms in total. The van der Waals surface area contributed by atoms with Gasteiger partial charge in [0.1, 0.15) is 0 Å². The lowest BCUT2D eigenvalue weighted by molar-refractivity contribution is 0.666. The smallest absolute Gasteiger partial charge is 0.0654 e. The second-order valence-electron chi connectivity index (χ2n) is 11.0. The largest absolute Gasteiger partial charge is 0.0713 e. The van der Waals surface area contributed by atoms with Gasteiger partial charge in [-0.3, -0.25) is 0 Å². The van der Waals surface area contributed by atoms with Crippen LogP contribution in [0.15, 0.2) is 95.5 Å². The highest BCUT2D eigenvalue weighted by Gasteiger charge is 2.46. The van der Waals surface area contributed by atoms with Crippen molar-refractivity contribution < 1.29 is 0 Å². The number of benzene rings is 4. The fraction of sp³-hybridized carbons (Fsp3) is 0.351. The molecular formula is C37H41Br. The zero-order valence-corrected chi connectivity index (χ0v) is 24.7. The highest BCUT2D eigenvalue weighted by atomic mass is 79.9. The fourth-order valence-electron chi connectivity index (χ4n) is 6.39. The average molecular weight is 566 g/mol. The molecule has 1 aliphatic rings. The van der Waals surface area contributed by atoms with Gasteiger partial charge in [0.2, 0.25) is 0 Å². The van der Waals surface area contributed by atoms with Gasteiger partial charge in [0.15, 0.2) is 0 Å². The Morgan fingerprint density at radius 3 is 1.61 bits per heavy atom. The minimum atomic E-state index is -0.322. The lowest BCUT2D eigenvalue weighted by Crippen LogP contribution is -2.28. The third-order valence-electron chi connectivity index (χ3n) is 8.42. The molecule has 0 spiro atoms. The van der Waals surface area contributed by atoms with Gasteiger partial charge in [-0.25, -0.2) is 0 Å². The van der Waals surface area contributed by atoms with Crippen molar-refractivity contribution in [2.24, 2.45) is 0 Å². The van der Waals surface area contributed by atoms with Gasteiger partial charge in [0.25, 0.3) is 0 Å². The molecule has 4 aromatic rings. The minimum Gasteiger partial charge on any atom is -0.0654 e. The summed E-state index contributed by atoms with van der Waals surface area (Å²) in [5.74, 6) is 0. The number of halogens is 1. The highest BCUT2D eigenvalue weighted by molar-refractivity contribution is 9.10. The second-order valence-corrected chi connectivity index (χ2v) is 11.9. The van der Waals surface area contributed by atoms with Crippen molar-refractivity contribution in [3.05, 3.63) is 129 Å². The number of aryl methyl sites for hydroxylation is 2. The standard InChI is InChI=1S/C37H41Br/c1-3-5-7-9-13-28-17-21-30(22-18-28)37(31-23-19-29(20-24-31)14-10-8-6-4-2)35-16-12-11-15-33(35)34-26-25-32(38)27-36(34)37/h11-12,15-27H,3-10,13-14H2,1-2H3. The Morgan fingerprint density at radius 1 is 0.526 bits per heavy atom. The van der Waals surface area contributed by atoms with Crippen LogP contribution < -0.4 is 0 Å². The molecule has 38 heavy (non-hydrogen) atoms. The van der Waals surface area contributed by atoms with Crippen LogP contribution in [-0.4, -0.2) is 0 Å². The summed E-state index contributed by atoms with van der Waals surface area (Å²) in [6.07, 6.45) is 12.8. The minimum absolute atomic E-state index is 0.322. The van der Waals surface area contributed by atoms with Crippen molar-refractivity contribution in [2.45, 2.75) is 83.5 Å². The Kier molecular flexibility index (Phi) is 8.85. The molecule has 0 aliphatic heterocycles. The summed E-state index contributed by atoms with van der Waals surface area (Å²) >= 11 is 3.81. The van der Waals surface area contributed by atoms with Crippen LogP contribution in [0.3, 0.4) is 0 Å². The molecular weight excluding hydrogens is 524 g/mol. The van der Waals surface area contributed by atoms with Crippen molar-refractivity contribution >= 4 is 15.9 Å². The number of rotatable bonds is 12. The molecule has 0 N–H and O–H groups in total. The first-order valence-electron chi connectivity index (χ1n) is 14.8. The lowest BCUT2D eigenvalue weighted by atomic mass is 9.67. The molecule has 0 heterocycles. The van der Waals surface area contributed by atoms with E-state index in [9.17, 15) is 0 Å². The Balaban J connectivity index is 1.59. The van der Waals surface area contributed by atoms with E-state index < -0.39 is 0 Å². The third-order valence-corrected chi connectivity index (χ3v) is 8.91. The van der Waals surface area contributed by atoms with Crippen molar-refractivity contribution in [1.82, 2.24) is 0 Å². The molecule has 0 fully saturated rings. The first-order valence-corrected chi connectivity index (χ1v) is 15.6. The summed E-state index contributed by atoms with van der Waals surface area (Å²) < 4.78 is 1.13. The Bertz CT molecular complexity index is 1270. The van der Waals surface area contributed by atoms with Gasteiger partial charge < -0.3 is 0 Å². The maximum Gasteiger partial charge on any atom is 0.0713 e. The molecule has 0 amide bonds. The highest BCUT2D eigenvalue weighted by Crippen LogP contribution is 2.56. The Morgan fingerprint density at radius 2 is 1.05 bits per heavy atom. The van der Waals surface area contributed by atoms with Gasteiger partial charge in [-0.15, -0.1) is 0 Å². The normalized spacial score (nSPS) is 13.3. The van der Waals surface area contributed by atoms with Gasteiger partial charge in [0.05, 0.1) is 5.41 Å². The zero-order chi connectivity index (χ0) is 26.4. The fourth-order valence-corrected chi connectivity index (χ4v) is 6.76. The van der Waals surface area contributed by atoms with E-state index in [4.69, 9.17) is 0 Å². The summed E-state index contributed by atoms with van der Waals surface area (Å²) in [7, 11) is 0. The molecule has 1 heteroatoms. The van der Waals surface area contributed by atoms with Crippen LogP contribution in [-0.2, 0) is 18.3 Å². The van der Waals surface area contributed by atoms with Gasteiger partial charge in [-0.05, 0) is 82.3 Å². The van der Waals surface area contributed by atoms with E-state index >= 15 is 0 Å². The van der Waals surface area contributed by atoms with Crippen LogP contribution in [0.5, 0.6) is 0 Å². The van der Waals surface area contributed by atoms with E-state index in [0.29, 0.717) is 0 Å². The number of hydrogen-bond acceptors (Lipinski definition) is 0. The van der Waals surface area contributed by atoms with Crippen molar-refractivity contribution in [1.29, 1.82) is 0 Å². The monoisotopic (exact) mass is 564 g/mol. The summed E-state index contributed by atoms with van der Waals surface area (Å²) in [6.45, 7) is 4.56. The van der Waals surface area contributed by atoms with Gasteiger partial charge in [0, 0.05) is 4.47 Å². The molecule has 0 saturated heterocycles. The van der Waals surface area contributed by atoms with Crippen molar-refractivity contribution in [3.8, 4) is 11.1 Å². The number of fused-ring (bicyclic) bond motifs is 3. The summed E-state index contributed by atoms with van der Waals surface area (Å²) in [5.41, 5.74) is 10.7. The SMILES string of the molecule is CCCCCCc1ccc(C2(c3ccc(CCCCCC)cc3)c3ccccc3-c3ccc(Br)cc32)cc1. The molecule has 196 valence electrons. The summed E-state index contributed by atoms with van der Waals surface area (Å²) in [5, 5.41) is 0. The van der Waals surface area contributed by atoms with E-state index in [1.165, 1.54) is 109 Å². The summed E-state index contributed by atoms with van der Waals surface area (Å²) in [6, 6.07) is 35.0. The molecule has 0 saturated carbocycles. The van der Waals surface area contributed by atoms with E-state index in [-0.39, 0.29) is 5.41 Å². The summed E-state index contributed by atoms with van der Waals surface area (Å²) in [4.78, 5) is 0. The molecule has 1 aliphatic carbocycles. The van der Waals surface area contributed by atoms with Crippen molar-refractivity contribution in [2.75, 3.05) is 0 Å². The Hall–Kier alpha value is -2.64. The first-order chi connectivity index (χ1) is 18.7. The maximum absolute atomic E-state index is 3.81. The first kappa shape index (κ1) is 26.9. The lowest BCUT2D eigenvalue weighted by Gasteiger charge is -2.34. The van der Waals surface area contributed by atoms with Crippen LogP contribution in [0, 0.1) is 0 Å². The molecule has 0 bridgehead atoms. The van der Waals surface area contributed by atoms with E-state index in [1.54, 1.807) is 0 Å². The van der Waals surface area contributed by atoms with Crippen LogP contribution in [0.2, 0.25) is 0 Å². The molecule has 4 aromatic carbocycles.